The molecule has 0 atom stereocenters. The molecule has 0 unspecified atom stereocenters. The van der Waals surface area contributed by atoms with Gasteiger partial charge in [0.15, 0.2) is 0 Å². The van der Waals surface area contributed by atoms with Crippen LogP contribution in [0.3, 0.4) is 0 Å². The summed E-state index contributed by atoms with van der Waals surface area (Å²) in [6, 6.07) is 161. The van der Waals surface area contributed by atoms with Crippen LogP contribution in [0.2, 0.25) is 0 Å². The minimum Gasteiger partial charge on any atom is -0.309 e. The lowest BCUT2D eigenvalue weighted by atomic mass is 9.89. The van der Waals surface area contributed by atoms with Gasteiger partial charge in [-0.3, -0.25) is 0 Å². The van der Waals surface area contributed by atoms with Crippen LogP contribution in [0.15, 0.2) is 437 Å². The molecule has 0 aromatic heterocycles. The van der Waals surface area contributed by atoms with E-state index in [4.69, 9.17) is 0 Å². The van der Waals surface area contributed by atoms with Crippen LogP contribution in [-0.4, -0.2) is 0 Å². The van der Waals surface area contributed by atoms with Crippen molar-refractivity contribution in [3.8, 4) is 100 Å². The van der Waals surface area contributed by atoms with E-state index in [1.54, 1.807) is 0 Å². The topological polar surface area (TPSA) is 6.48 Å². The van der Waals surface area contributed by atoms with Gasteiger partial charge in [0.2, 0.25) is 0 Å². The first-order valence-electron chi connectivity index (χ1n) is 37.9. The van der Waals surface area contributed by atoms with Crippen molar-refractivity contribution in [1.29, 1.82) is 0 Å². The van der Waals surface area contributed by atoms with Crippen LogP contribution in [0.1, 0.15) is 0 Å². The second kappa shape index (κ2) is 28.1. The molecule has 0 spiro atoms. The van der Waals surface area contributed by atoms with E-state index in [0.717, 1.165) is 123 Å². The zero-order valence-electron chi connectivity index (χ0n) is 60.5. The standard InChI is InChI=1S/C108H72N2/c1-4-29-73(30-5-1)82-65-66-106(99(70-82)78-34-8-3-9-35-78)109(104-52-26-22-47-97(104)100-71-83-37-12-14-39-88(83)93-43-16-18-45-95(93)100)102-50-24-20-42-91(102)86-64-59-76-57-62-81(68-87(76)69-86)75-55-60-79(61-56-75)108-92(77-32-6-2-7-33-77)49-28-54-107(108)110(103-51-25-21-41-90(103)85-63-58-74-31-10-11-36-80(74)67-85)105-53-27-23-48-98(105)101-72-84-38-13-15-40-89(84)94-44-17-19-46-96(94)101/h1-72H. The average molecular weight is 1400 g/mol. The van der Waals surface area contributed by atoms with Gasteiger partial charge >= 0.3 is 0 Å². The highest BCUT2D eigenvalue weighted by Crippen LogP contribution is 2.54. The Morgan fingerprint density at radius 2 is 0.436 bits per heavy atom. The third-order valence-corrected chi connectivity index (χ3v) is 22.2. The maximum atomic E-state index is 2.55. The molecule has 0 N–H and O–H groups in total. The molecule has 0 bridgehead atoms. The minimum atomic E-state index is 1.06. The lowest BCUT2D eigenvalue weighted by Gasteiger charge is -2.32. The van der Waals surface area contributed by atoms with E-state index in [9.17, 15) is 0 Å². The summed E-state index contributed by atoms with van der Waals surface area (Å²) in [5, 5.41) is 14.5. The van der Waals surface area contributed by atoms with Gasteiger partial charge in [-0.05, 0) is 204 Å². The molecule has 0 aliphatic rings. The van der Waals surface area contributed by atoms with Crippen LogP contribution in [0.5, 0.6) is 0 Å². The van der Waals surface area contributed by atoms with E-state index in [-0.39, 0.29) is 0 Å². The van der Waals surface area contributed by atoms with Crippen molar-refractivity contribution in [2.24, 2.45) is 0 Å². The highest BCUT2D eigenvalue weighted by atomic mass is 15.2. The number of hydrogen-bond acceptors (Lipinski definition) is 2. The van der Waals surface area contributed by atoms with Crippen LogP contribution in [0.4, 0.5) is 34.1 Å². The van der Waals surface area contributed by atoms with Gasteiger partial charge in [-0.15, -0.1) is 0 Å². The van der Waals surface area contributed by atoms with Crippen LogP contribution in [0.25, 0.3) is 165 Å². The molecule has 0 amide bonds. The number of anilines is 6. The summed E-state index contributed by atoms with van der Waals surface area (Å²) < 4.78 is 0. The quantitative estimate of drug-likeness (QED) is 0.0944. The van der Waals surface area contributed by atoms with Gasteiger partial charge in [-0.25, -0.2) is 0 Å². The molecule has 2 heteroatoms. The minimum absolute atomic E-state index is 1.06. The molecule has 0 saturated carbocycles. The predicted octanol–water partition coefficient (Wildman–Crippen LogP) is 30.5. The molecule has 20 aromatic rings. The summed E-state index contributed by atoms with van der Waals surface area (Å²) in [7, 11) is 0. The molecular weight excluding hydrogens is 1330 g/mol. The van der Waals surface area contributed by atoms with E-state index in [2.05, 4.69) is 447 Å². The Bertz CT molecular complexity index is 6900. The first-order chi connectivity index (χ1) is 54.6. The molecule has 2 nitrogen and oxygen atoms in total. The highest BCUT2D eigenvalue weighted by molar-refractivity contribution is 6.17. The molecule has 514 valence electrons. The SMILES string of the molecule is c1ccc(-c2ccc(N(c3ccccc3-c3ccc4ccc(-c5ccc(-c6c(-c7ccccc7)cccc6N(c6ccccc6-c6ccc7ccccc7c6)c6ccccc6-c6cc7ccccc7c7ccccc67)cc5)cc4c3)c3ccccc3-c3cc4ccccc4c4ccccc34)c(-c3ccccc3)c2)cc1. The first kappa shape index (κ1) is 65.1. The van der Waals surface area contributed by atoms with E-state index < -0.39 is 0 Å². The van der Waals surface area contributed by atoms with Gasteiger partial charge < -0.3 is 9.80 Å². The predicted molar refractivity (Wildman–Crippen MR) is 470 cm³/mol. The molecule has 0 radical (unpaired) electrons. The van der Waals surface area contributed by atoms with Crippen molar-refractivity contribution in [1.82, 2.24) is 0 Å². The Balaban J connectivity index is 0.739. The van der Waals surface area contributed by atoms with Crippen molar-refractivity contribution >= 4 is 98.8 Å². The molecule has 0 aliphatic carbocycles. The number of para-hydroxylation sites is 4. The monoisotopic (exact) mass is 1400 g/mol. The Hall–Kier alpha value is -14.4. The second-order valence-corrected chi connectivity index (χ2v) is 28.6. The van der Waals surface area contributed by atoms with Crippen molar-refractivity contribution < 1.29 is 0 Å². The lowest BCUT2D eigenvalue weighted by Crippen LogP contribution is -2.14. The molecule has 20 aromatic carbocycles. The molecule has 0 fully saturated rings. The zero-order chi connectivity index (χ0) is 72.9. The molecule has 0 aliphatic heterocycles. The number of rotatable bonds is 15. The van der Waals surface area contributed by atoms with E-state index in [0.29, 0.717) is 0 Å². The Morgan fingerprint density at radius 1 is 0.118 bits per heavy atom. The summed E-state index contributed by atoms with van der Waals surface area (Å²) in [4.78, 5) is 5.08. The van der Waals surface area contributed by atoms with Crippen LogP contribution in [0, 0.1) is 0 Å². The summed E-state index contributed by atoms with van der Waals surface area (Å²) in [5.41, 5.74) is 26.9. The van der Waals surface area contributed by atoms with Crippen molar-refractivity contribution in [2.75, 3.05) is 9.80 Å². The zero-order valence-corrected chi connectivity index (χ0v) is 60.5. The molecular formula is C108H72N2. The average Bonchev–Trinajstić information content (AvgIpc) is 0.743. The van der Waals surface area contributed by atoms with Crippen LogP contribution in [-0.2, 0) is 0 Å². The smallest absolute Gasteiger partial charge is 0.0546 e. The second-order valence-electron chi connectivity index (χ2n) is 28.6. The summed E-state index contributed by atoms with van der Waals surface area (Å²) in [5.74, 6) is 0. The van der Waals surface area contributed by atoms with Crippen molar-refractivity contribution in [3.63, 3.8) is 0 Å². The summed E-state index contributed by atoms with van der Waals surface area (Å²) in [6.07, 6.45) is 0. The van der Waals surface area contributed by atoms with Crippen molar-refractivity contribution in [2.45, 2.75) is 0 Å². The number of benzene rings is 20. The van der Waals surface area contributed by atoms with Gasteiger partial charge in [0.05, 0.1) is 34.1 Å². The maximum Gasteiger partial charge on any atom is 0.0546 e. The number of fused-ring (bicyclic) bond motifs is 8. The lowest BCUT2D eigenvalue weighted by molar-refractivity contribution is 1.28. The number of hydrogen-bond donors (Lipinski definition) is 0. The third-order valence-electron chi connectivity index (χ3n) is 22.2. The number of nitrogens with zero attached hydrogens (tertiary/aromatic N) is 2. The fourth-order valence-corrected chi connectivity index (χ4v) is 17.0. The van der Waals surface area contributed by atoms with Crippen molar-refractivity contribution in [3.05, 3.63) is 437 Å². The van der Waals surface area contributed by atoms with Crippen LogP contribution >= 0.6 is 0 Å². The molecule has 0 heterocycles. The van der Waals surface area contributed by atoms with Gasteiger partial charge in [-0.1, -0.05) is 364 Å². The van der Waals surface area contributed by atoms with E-state index in [1.807, 2.05) is 0 Å². The molecule has 20 rings (SSSR count). The van der Waals surface area contributed by atoms with Crippen LogP contribution < -0.4 is 9.80 Å². The fraction of sp³-hybridized carbons (Fsp3) is 0. The van der Waals surface area contributed by atoms with Gasteiger partial charge in [0.25, 0.3) is 0 Å². The first-order valence-corrected chi connectivity index (χ1v) is 37.9. The fourth-order valence-electron chi connectivity index (χ4n) is 17.0. The normalized spacial score (nSPS) is 11.5. The van der Waals surface area contributed by atoms with Gasteiger partial charge in [0, 0.05) is 33.4 Å². The Labute approximate surface area is 641 Å². The highest BCUT2D eigenvalue weighted by Gasteiger charge is 2.29. The summed E-state index contributed by atoms with van der Waals surface area (Å²) >= 11 is 0. The summed E-state index contributed by atoms with van der Waals surface area (Å²) in [6.45, 7) is 0. The maximum absolute atomic E-state index is 2.55. The molecule has 110 heavy (non-hydrogen) atoms. The Kier molecular flexibility index (Phi) is 16.6. The molecule has 0 saturated heterocycles. The van der Waals surface area contributed by atoms with Gasteiger partial charge in [-0.2, -0.15) is 0 Å². The van der Waals surface area contributed by atoms with Gasteiger partial charge in [0.1, 0.15) is 0 Å². The third kappa shape index (κ3) is 11.8. The van der Waals surface area contributed by atoms with E-state index >= 15 is 0 Å². The Morgan fingerprint density at radius 3 is 0.982 bits per heavy atom. The largest absolute Gasteiger partial charge is 0.309 e. The van der Waals surface area contributed by atoms with E-state index in [1.165, 1.54) is 75.9 Å².